The number of benzene rings is 2. The minimum absolute atomic E-state index is 0.320. The fourth-order valence-electron chi connectivity index (χ4n) is 1.68. The lowest BCUT2D eigenvalue weighted by Gasteiger charge is -2.07. The van der Waals surface area contributed by atoms with Gasteiger partial charge in [0.05, 0.1) is 18.8 Å². The zero-order chi connectivity index (χ0) is 14.2. The molecule has 4 heteroatoms. The highest BCUT2D eigenvalue weighted by Crippen LogP contribution is 2.09. The van der Waals surface area contributed by atoms with Gasteiger partial charge in [-0.05, 0) is 30.3 Å². The molecule has 2 N–H and O–H groups in total. The molecule has 0 atom stereocenters. The van der Waals surface area contributed by atoms with E-state index in [1.807, 2.05) is 30.3 Å². The summed E-state index contributed by atoms with van der Waals surface area (Å²) < 4.78 is 10.6. The van der Waals surface area contributed by atoms with Crippen LogP contribution in [0.15, 0.2) is 54.6 Å². The molecule has 0 aliphatic carbocycles. The second-order valence-electron chi connectivity index (χ2n) is 4.28. The average Bonchev–Trinajstić information content (AvgIpc) is 2.48. The molecule has 0 saturated heterocycles. The first-order chi connectivity index (χ1) is 9.75. The SMILES string of the molecule is Nc1cccc(C(=O)OCCCOc2ccccc2)c1. The van der Waals surface area contributed by atoms with Gasteiger partial charge in [0.15, 0.2) is 0 Å². The van der Waals surface area contributed by atoms with Crippen LogP contribution in [0.5, 0.6) is 5.75 Å². The highest BCUT2D eigenvalue weighted by molar-refractivity contribution is 5.90. The molecular formula is C16H17NO3. The molecule has 0 radical (unpaired) electrons. The monoisotopic (exact) mass is 271 g/mol. The Bertz CT molecular complexity index is 555. The molecule has 2 aromatic carbocycles. The summed E-state index contributed by atoms with van der Waals surface area (Å²) in [6.07, 6.45) is 0.642. The van der Waals surface area contributed by atoms with Crippen LogP contribution in [0.2, 0.25) is 0 Å². The topological polar surface area (TPSA) is 61.6 Å². The van der Waals surface area contributed by atoms with Crippen molar-refractivity contribution >= 4 is 11.7 Å². The number of nitrogens with two attached hydrogens (primary N) is 1. The molecule has 2 aromatic rings. The van der Waals surface area contributed by atoms with Crippen LogP contribution >= 0.6 is 0 Å². The van der Waals surface area contributed by atoms with Crippen molar-refractivity contribution in [1.82, 2.24) is 0 Å². The molecule has 0 spiro atoms. The van der Waals surface area contributed by atoms with Crippen LogP contribution in [0, 0.1) is 0 Å². The minimum Gasteiger partial charge on any atom is -0.493 e. The van der Waals surface area contributed by atoms with Gasteiger partial charge in [-0.1, -0.05) is 24.3 Å². The van der Waals surface area contributed by atoms with E-state index in [0.717, 1.165) is 5.75 Å². The number of carbonyl (C=O) groups is 1. The zero-order valence-corrected chi connectivity index (χ0v) is 11.1. The van der Waals surface area contributed by atoms with Gasteiger partial charge in [0.25, 0.3) is 0 Å². The number of para-hydroxylation sites is 1. The summed E-state index contributed by atoms with van der Waals surface area (Å²) in [4.78, 5) is 11.7. The first-order valence-electron chi connectivity index (χ1n) is 6.46. The van der Waals surface area contributed by atoms with E-state index in [-0.39, 0.29) is 5.97 Å². The van der Waals surface area contributed by atoms with Crippen LogP contribution in [-0.2, 0) is 4.74 Å². The van der Waals surface area contributed by atoms with Crippen molar-refractivity contribution in [1.29, 1.82) is 0 Å². The number of anilines is 1. The Morgan fingerprint density at radius 3 is 2.55 bits per heavy atom. The lowest BCUT2D eigenvalue weighted by atomic mass is 10.2. The molecule has 0 aliphatic rings. The van der Waals surface area contributed by atoms with E-state index < -0.39 is 0 Å². The predicted octanol–water partition coefficient (Wildman–Crippen LogP) is 2.89. The molecule has 0 aliphatic heterocycles. The second kappa shape index (κ2) is 7.19. The average molecular weight is 271 g/mol. The summed E-state index contributed by atoms with van der Waals surface area (Å²) in [5.74, 6) is 0.451. The molecule has 104 valence electrons. The third-order valence-electron chi connectivity index (χ3n) is 2.66. The van der Waals surface area contributed by atoms with Gasteiger partial charge in [-0.2, -0.15) is 0 Å². The molecule has 0 unspecified atom stereocenters. The Hall–Kier alpha value is -2.49. The number of hydrogen-bond donors (Lipinski definition) is 1. The van der Waals surface area contributed by atoms with E-state index in [9.17, 15) is 4.79 Å². The van der Waals surface area contributed by atoms with Crippen molar-refractivity contribution in [3.63, 3.8) is 0 Å². The van der Waals surface area contributed by atoms with E-state index in [1.165, 1.54) is 0 Å². The fourth-order valence-corrected chi connectivity index (χ4v) is 1.68. The molecule has 20 heavy (non-hydrogen) atoms. The molecule has 0 fully saturated rings. The maximum atomic E-state index is 11.7. The van der Waals surface area contributed by atoms with Gasteiger partial charge in [-0.25, -0.2) is 4.79 Å². The number of carbonyl (C=O) groups excluding carboxylic acids is 1. The van der Waals surface area contributed by atoms with Gasteiger partial charge in [0, 0.05) is 12.1 Å². The van der Waals surface area contributed by atoms with Crippen LogP contribution in [-0.4, -0.2) is 19.2 Å². The standard InChI is InChI=1S/C16H17NO3/c17-14-7-4-6-13(12-14)16(18)20-11-5-10-19-15-8-2-1-3-9-15/h1-4,6-9,12H,5,10-11,17H2. The van der Waals surface area contributed by atoms with E-state index in [4.69, 9.17) is 15.2 Å². The Labute approximate surface area is 118 Å². The molecule has 0 aromatic heterocycles. The smallest absolute Gasteiger partial charge is 0.338 e. The Morgan fingerprint density at radius 1 is 1.00 bits per heavy atom. The lowest BCUT2D eigenvalue weighted by molar-refractivity contribution is 0.0486. The lowest BCUT2D eigenvalue weighted by Crippen LogP contribution is -2.09. The Morgan fingerprint density at radius 2 is 1.80 bits per heavy atom. The maximum Gasteiger partial charge on any atom is 0.338 e. The first kappa shape index (κ1) is 13.9. The third-order valence-corrected chi connectivity index (χ3v) is 2.66. The third kappa shape index (κ3) is 4.31. The number of ether oxygens (including phenoxy) is 2. The molecule has 0 heterocycles. The van der Waals surface area contributed by atoms with E-state index in [2.05, 4.69) is 0 Å². The molecule has 2 rings (SSSR count). The second-order valence-corrected chi connectivity index (χ2v) is 4.28. The largest absolute Gasteiger partial charge is 0.493 e. The van der Waals surface area contributed by atoms with Crippen LogP contribution < -0.4 is 10.5 Å². The maximum absolute atomic E-state index is 11.7. The van der Waals surface area contributed by atoms with E-state index in [0.29, 0.717) is 30.9 Å². The van der Waals surface area contributed by atoms with Crippen molar-refractivity contribution in [3.8, 4) is 5.75 Å². The molecule has 0 amide bonds. The van der Waals surface area contributed by atoms with Crippen molar-refractivity contribution < 1.29 is 14.3 Å². The summed E-state index contributed by atoms with van der Waals surface area (Å²) in [6, 6.07) is 16.3. The van der Waals surface area contributed by atoms with Gasteiger partial charge >= 0.3 is 5.97 Å². The van der Waals surface area contributed by atoms with Crippen LogP contribution in [0.4, 0.5) is 5.69 Å². The van der Waals surface area contributed by atoms with Crippen LogP contribution in [0.25, 0.3) is 0 Å². The van der Waals surface area contributed by atoms with Crippen LogP contribution in [0.3, 0.4) is 0 Å². The highest BCUT2D eigenvalue weighted by Gasteiger charge is 2.06. The summed E-state index contributed by atoms with van der Waals surface area (Å²) in [6.45, 7) is 0.828. The number of hydrogen-bond acceptors (Lipinski definition) is 4. The Balaban J connectivity index is 1.67. The van der Waals surface area contributed by atoms with Gasteiger partial charge in [0.1, 0.15) is 5.75 Å². The zero-order valence-electron chi connectivity index (χ0n) is 11.1. The number of esters is 1. The number of rotatable bonds is 6. The summed E-state index contributed by atoms with van der Waals surface area (Å²) in [5.41, 5.74) is 6.62. The van der Waals surface area contributed by atoms with Gasteiger partial charge in [-0.15, -0.1) is 0 Å². The van der Waals surface area contributed by atoms with E-state index in [1.54, 1.807) is 24.3 Å². The van der Waals surface area contributed by atoms with Crippen molar-refractivity contribution in [2.24, 2.45) is 0 Å². The summed E-state index contributed by atoms with van der Waals surface area (Å²) in [5, 5.41) is 0. The van der Waals surface area contributed by atoms with Crippen molar-refractivity contribution in [2.45, 2.75) is 6.42 Å². The predicted molar refractivity (Wildman–Crippen MR) is 77.7 cm³/mol. The Kier molecular flexibility index (Phi) is 5.00. The fraction of sp³-hybridized carbons (Fsp3) is 0.188. The molecule has 0 bridgehead atoms. The van der Waals surface area contributed by atoms with E-state index >= 15 is 0 Å². The minimum atomic E-state index is -0.364. The highest BCUT2D eigenvalue weighted by atomic mass is 16.5. The normalized spacial score (nSPS) is 10.0. The summed E-state index contributed by atoms with van der Waals surface area (Å²) >= 11 is 0. The molecule has 4 nitrogen and oxygen atoms in total. The number of nitrogen functional groups attached to an aromatic ring is 1. The van der Waals surface area contributed by atoms with Gasteiger partial charge in [0.2, 0.25) is 0 Å². The van der Waals surface area contributed by atoms with Crippen molar-refractivity contribution in [3.05, 3.63) is 60.2 Å². The van der Waals surface area contributed by atoms with Gasteiger partial charge in [-0.3, -0.25) is 0 Å². The van der Waals surface area contributed by atoms with Crippen LogP contribution in [0.1, 0.15) is 16.8 Å². The molecular weight excluding hydrogens is 254 g/mol. The van der Waals surface area contributed by atoms with Gasteiger partial charge < -0.3 is 15.2 Å². The molecule has 0 saturated carbocycles. The quantitative estimate of drug-likeness (QED) is 0.498. The van der Waals surface area contributed by atoms with Crippen molar-refractivity contribution in [2.75, 3.05) is 18.9 Å². The first-order valence-corrected chi connectivity index (χ1v) is 6.46. The summed E-state index contributed by atoms with van der Waals surface area (Å²) in [7, 11) is 0.